The quantitative estimate of drug-likeness (QED) is 0.457. The molecule has 0 radical (unpaired) electrons. The second kappa shape index (κ2) is 9.35. The first kappa shape index (κ1) is 21.9. The van der Waals surface area contributed by atoms with Gasteiger partial charge in [0.25, 0.3) is 11.8 Å². The number of anilines is 1. The molecule has 3 rings (SSSR count). The van der Waals surface area contributed by atoms with E-state index in [1.165, 1.54) is 24.4 Å². The smallest absolute Gasteiger partial charge is 0.276 e. The van der Waals surface area contributed by atoms with Crippen LogP contribution in [0.1, 0.15) is 56.4 Å². The molecule has 10 heteroatoms. The molecular formula is C21H20N4O5S. The Labute approximate surface area is 181 Å². The number of rotatable bonds is 8. The molecule has 31 heavy (non-hydrogen) atoms. The number of carbonyl (C=O) groups is 3. The lowest BCUT2D eigenvalue weighted by Crippen LogP contribution is -2.16. The topological polar surface area (TPSA) is 144 Å². The number of nitrogens with one attached hydrogen (secondary N) is 1. The Kier molecular flexibility index (Phi) is 6.61. The van der Waals surface area contributed by atoms with Gasteiger partial charge in [-0.25, -0.2) is 9.97 Å². The third-order valence-electron chi connectivity index (χ3n) is 4.33. The van der Waals surface area contributed by atoms with Crippen molar-refractivity contribution in [1.82, 2.24) is 9.97 Å². The standard InChI is InChI=1S/C21H20N4O5S/c1-3-12-7-14(11(2)26)17(27)8-18(12)30-9-13-5-4-6-15(23-13)20(29)25-21-24-16(10-31-21)19(22)28/h4-8,10,27H,3,9H2,1-2H3,(H2,22,28)(H,24,25,29). The zero-order valence-electron chi connectivity index (χ0n) is 16.8. The maximum Gasteiger partial charge on any atom is 0.276 e. The highest BCUT2D eigenvalue weighted by molar-refractivity contribution is 7.14. The summed E-state index contributed by atoms with van der Waals surface area (Å²) >= 11 is 1.08. The van der Waals surface area contributed by atoms with E-state index in [4.69, 9.17) is 10.5 Å². The molecule has 0 atom stereocenters. The van der Waals surface area contributed by atoms with E-state index in [0.29, 0.717) is 17.9 Å². The summed E-state index contributed by atoms with van der Waals surface area (Å²) in [7, 11) is 0. The van der Waals surface area contributed by atoms with Crippen LogP contribution in [0.15, 0.2) is 35.7 Å². The molecule has 0 spiro atoms. The molecule has 2 aromatic heterocycles. The average Bonchev–Trinajstić information content (AvgIpc) is 3.21. The van der Waals surface area contributed by atoms with Gasteiger partial charge in [0.05, 0.1) is 11.3 Å². The number of benzene rings is 1. The summed E-state index contributed by atoms with van der Waals surface area (Å²) in [6.45, 7) is 3.35. The third-order valence-corrected chi connectivity index (χ3v) is 5.09. The van der Waals surface area contributed by atoms with Crippen molar-refractivity contribution in [2.75, 3.05) is 5.32 Å². The van der Waals surface area contributed by atoms with E-state index >= 15 is 0 Å². The fraction of sp³-hybridized carbons (Fsp3) is 0.190. The minimum atomic E-state index is -0.678. The number of nitrogens with zero attached hydrogens (tertiary/aromatic N) is 2. The maximum absolute atomic E-state index is 12.4. The summed E-state index contributed by atoms with van der Waals surface area (Å²) in [6, 6.07) is 7.91. The number of aromatic nitrogens is 2. The Balaban J connectivity index is 1.72. The van der Waals surface area contributed by atoms with E-state index < -0.39 is 11.8 Å². The van der Waals surface area contributed by atoms with Crippen molar-refractivity contribution in [3.05, 3.63) is 63.9 Å². The molecule has 9 nitrogen and oxygen atoms in total. The van der Waals surface area contributed by atoms with Gasteiger partial charge in [0.2, 0.25) is 0 Å². The number of hydrogen-bond donors (Lipinski definition) is 3. The fourth-order valence-electron chi connectivity index (χ4n) is 2.75. The molecule has 0 aliphatic heterocycles. The van der Waals surface area contributed by atoms with Gasteiger partial charge >= 0.3 is 0 Å². The number of thiazole rings is 1. The highest BCUT2D eigenvalue weighted by Crippen LogP contribution is 2.29. The SMILES string of the molecule is CCc1cc(C(C)=O)c(O)cc1OCc1cccc(C(=O)Nc2nc(C(N)=O)cs2)n1. The van der Waals surface area contributed by atoms with E-state index in [9.17, 15) is 19.5 Å². The number of phenols is 1. The highest BCUT2D eigenvalue weighted by atomic mass is 32.1. The van der Waals surface area contributed by atoms with Gasteiger partial charge in [-0.15, -0.1) is 11.3 Å². The lowest BCUT2D eigenvalue weighted by molar-refractivity contribution is 0.0990. The zero-order chi connectivity index (χ0) is 22.5. The number of aromatic hydroxyl groups is 1. The Morgan fingerprint density at radius 2 is 1.97 bits per heavy atom. The first-order chi connectivity index (χ1) is 14.8. The molecule has 0 aliphatic rings. The van der Waals surface area contributed by atoms with Gasteiger partial charge in [0.15, 0.2) is 10.9 Å². The number of hydrogen-bond acceptors (Lipinski definition) is 8. The summed E-state index contributed by atoms with van der Waals surface area (Å²) in [5.74, 6) is -1.13. The molecule has 0 bridgehead atoms. The van der Waals surface area contributed by atoms with Crippen LogP contribution < -0.4 is 15.8 Å². The van der Waals surface area contributed by atoms with Crippen molar-refractivity contribution in [1.29, 1.82) is 0 Å². The van der Waals surface area contributed by atoms with Crippen LogP contribution in [0, 0.1) is 0 Å². The van der Waals surface area contributed by atoms with Crippen LogP contribution >= 0.6 is 11.3 Å². The zero-order valence-corrected chi connectivity index (χ0v) is 17.7. The van der Waals surface area contributed by atoms with Gasteiger partial charge in [-0.1, -0.05) is 13.0 Å². The summed E-state index contributed by atoms with van der Waals surface area (Å²) in [6.07, 6.45) is 0.604. The number of phenolic OH excluding ortho intramolecular Hbond substituents is 1. The van der Waals surface area contributed by atoms with Crippen LogP contribution in [-0.2, 0) is 13.0 Å². The van der Waals surface area contributed by atoms with E-state index in [-0.39, 0.29) is 40.2 Å². The molecule has 2 heterocycles. The fourth-order valence-corrected chi connectivity index (χ4v) is 3.44. The van der Waals surface area contributed by atoms with Crippen LogP contribution in [-0.4, -0.2) is 32.7 Å². The monoisotopic (exact) mass is 440 g/mol. The van der Waals surface area contributed by atoms with Gasteiger partial charge in [0.1, 0.15) is 29.5 Å². The number of carbonyl (C=O) groups excluding carboxylic acids is 3. The van der Waals surface area contributed by atoms with Crippen LogP contribution in [0.5, 0.6) is 11.5 Å². The minimum absolute atomic E-state index is 0.0516. The predicted octanol–water partition coefficient (Wildman–Crippen LogP) is 2.94. The van der Waals surface area contributed by atoms with Crippen molar-refractivity contribution in [3.63, 3.8) is 0 Å². The Morgan fingerprint density at radius 3 is 2.61 bits per heavy atom. The lowest BCUT2D eigenvalue weighted by atomic mass is 10.0. The molecule has 0 saturated carbocycles. The van der Waals surface area contributed by atoms with Crippen molar-refractivity contribution < 1.29 is 24.2 Å². The predicted molar refractivity (Wildman–Crippen MR) is 115 cm³/mol. The minimum Gasteiger partial charge on any atom is -0.507 e. The normalized spacial score (nSPS) is 10.5. The maximum atomic E-state index is 12.4. The van der Waals surface area contributed by atoms with E-state index in [0.717, 1.165) is 16.9 Å². The van der Waals surface area contributed by atoms with Gasteiger partial charge in [-0.05, 0) is 37.1 Å². The van der Waals surface area contributed by atoms with Gasteiger partial charge in [-0.3, -0.25) is 19.7 Å². The molecule has 0 aliphatic carbocycles. The number of Topliss-reactive ketones (excluding diaryl/α,β-unsaturated/α-hetero) is 1. The van der Waals surface area contributed by atoms with Gasteiger partial charge < -0.3 is 15.6 Å². The largest absolute Gasteiger partial charge is 0.507 e. The number of pyridine rings is 1. The van der Waals surface area contributed by atoms with Crippen molar-refractivity contribution in [2.24, 2.45) is 5.73 Å². The molecule has 4 N–H and O–H groups in total. The second-order valence-corrected chi connectivity index (χ2v) is 7.40. The van der Waals surface area contributed by atoms with Crippen molar-refractivity contribution in [3.8, 4) is 11.5 Å². The van der Waals surface area contributed by atoms with Gasteiger partial charge in [-0.2, -0.15) is 0 Å². The van der Waals surface area contributed by atoms with E-state index in [2.05, 4.69) is 15.3 Å². The third kappa shape index (κ3) is 5.23. The van der Waals surface area contributed by atoms with Crippen LogP contribution in [0.25, 0.3) is 0 Å². The Hall–Kier alpha value is -3.79. The number of nitrogens with two attached hydrogens (primary N) is 1. The number of aryl methyl sites for hydroxylation is 1. The number of primary amides is 1. The number of amides is 2. The molecular weight excluding hydrogens is 420 g/mol. The second-order valence-electron chi connectivity index (χ2n) is 6.55. The van der Waals surface area contributed by atoms with E-state index in [1.807, 2.05) is 6.92 Å². The molecule has 160 valence electrons. The first-order valence-electron chi connectivity index (χ1n) is 9.30. The van der Waals surface area contributed by atoms with Crippen LogP contribution in [0.2, 0.25) is 0 Å². The molecule has 2 amide bonds. The van der Waals surface area contributed by atoms with Gasteiger partial charge in [0, 0.05) is 11.4 Å². The number of ketones is 1. The number of ether oxygens (including phenoxy) is 1. The molecule has 1 aromatic carbocycles. The molecule has 0 saturated heterocycles. The Bertz CT molecular complexity index is 1160. The summed E-state index contributed by atoms with van der Waals surface area (Å²) in [4.78, 5) is 43.4. The Morgan fingerprint density at radius 1 is 1.19 bits per heavy atom. The van der Waals surface area contributed by atoms with Crippen LogP contribution in [0.3, 0.4) is 0 Å². The van der Waals surface area contributed by atoms with E-state index in [1.54, 1.807) is 18.2 Å². The van der Waals surface area contributed by atoms with Crippen LogP contribution in [0.4, 0.5) is 5.13 Å². The molecule has 0 fully saturated rings. The highest BCUT2D eigenvalue weighted by Gasteiger charge is 2.15. The summed E-state index contributed by atoms with van der Waals surface area (Å²) in [5.41, 5.74) is 6.86. The lowest BCUT2D eigenvalue weighted by Gasteiger charge is -2.13. The first-order valence-corrected chi connectivity index (χ1v) is 10.2. The summed E-state index contributed by atoms with van der Waals surface area (Å²) < 4.78 is 5.79. The van der Waals surface area contributed by atoms with Crippen molar-refractivity contribution in [2.45, 2.75) is 26.9 Å². The van der Waals surface area contributed by atoms with Crippen molar-refractivity contribution >= 4 is 34.1 Å². The average molecular weight is 440 g/mol. The molecule has 3 aromatic rings. The molecule has 0 unspecified atom stereocenters. The summed E-state index contributed by atoms with van der Waals surface area (Å²) in [5, 5.41) is 14.3.